The summed E-state index contributed by atoms with van der Waals surface area (Å²) in [4.78, 5) is 0. The zero-order chi connectivity index (χ0) is 15.8. The third-order valence-electron chi connectivity index (χ3n) is 3.90. The molecule has 1 unspecified atom stereocenters. The highest BCUT2D eigenvalue weighted by Crippen LogP contribution is 2.24. The van der Waals surface area contributed by atoms with Gasteiger partial charge in [0, 0.05) is 12.2 Å². The summed E-state index contributed by atoms with van der Waals surface area (Å²) >= 11 is 0. The second-order valence-corrected chi connectivity index (χ2v) is 6.61. The first kappa shape index (κ1) is 17.6. The normalized spacial score (nSPS) is 12.2. The number of nitrogens with one attached hydrogen (secondary N) is 1. The molecular weight excluding hydrogens is 254 g/mol. The maximum absolute atomic E-state index is 4.12. The lowest BCUT2D eigenvalue weighted by Crippen LogP contribution is -2.13. The van der Waals surface area contributed by atoms with Crippen LogP contribution in [0.5, 0.6) is 0 Å². The molecule has 1 atom stereocenters. The third-order valence-corrected chi connectivity index (χ3v) is 3.90. The van der Waals surface area contributed by atoms with Crippen LogP contribution < -0.4 is 5.32 Å². The Morgan fingerprint density at radius 3 is 2.19 bits per heavy atom. The Balaban J connectivity index is 2.52. The van der Waals surface area contributed by atoms with Gasteiger partial charge in [0.25, 0.3) is 0 Å². The van der Waals surface area contributed by atoms with E-state index in [9.17, 15) is 0 Å². The van der Waals surface area contributed by atoms with Gasteiger partial charge in [-0.3, -0.25) is 0 Å². The van der Waals surface area contributed by atoms with Crippen molar-refractivity contribution in [1.29, 1.82) is 0 Å². The van der Waals surface area contributed by atoms with E-state index in [0.29, 0.717) is 5.92 Å². The Labute approximate surface area is 131 Å². The molecule has 1 heteroatoms. The molecule has 1 N–H and O–H groups in total. The minimum absolute atomic E-state index is 0.631. The van der Waals surface area contributed by atoms with Gasteiger partial charge in [-0.2, -0.15) is 0 Å². The molecule has 0 aliphatic rings. The molecular formula is C20H31N. The Hall–Kier alpha value is -1.50. The predicted molar refractivity (Wildman–Crippen MR) is 95.4 cm³/mol. The van der Waals surface area contributed by atoms with Crippen LogP contribution >= 0.6 is 0 Å². The molecule has 1 rings (SSSR count). The fourth-order valence-corrected chi connectivity index (χ4v) is 2.29. The fourth-order valence-electron chi connectivity index (χ4n) is 2.29. The van der Waals surface area contributed by atoms with Crippen molar-refractivity contribution in [2.75, 3.05) is 6.54 Å². The fraction of sp³-hybridized carbons (Fsp3) is 0.500. The van der Waals surface area contributed by atoms with E-state index in [1.807, 2.05) is 0 Å². The predicted octanol–water partition coefficient (Wildman–Crippen LogP) is 5.75. The lowest BCUT2D eigenvalue weighted by molar-refractivity contribution is 0.517. The summed E-state index contributed by atoms with van der Waals surface area (Å²) < 4.78 is 0. The summed E-state index contributed by atoms with van der Waals surface area (Å²) in [5.41, 5.74) is 4.80. The Morgan fingerprint density at radius 1 is 1.05 bits per heavy atom. The highest BCUT2D eigenvalue weighted by atomic mass is 14.9. The molecule has 1 aromatic carbocycles. The highest BCUT2D eigenvalue weighted by molar-refractivity contribution is 5.61. The van der Waals surface area contributed by atoms with Crippen molar-refractivity contribution in [3.63, 3.8) is 0 Å². The van der Waals surface area contributed by atoms with Gasteiger partial charge in [-0.15, -0.1) is 6.58 Å². The zero-order valence-corrected chi connectivity index (χ0v) is 14.2. The molecule has 0 aromatic heterocycles. The van der Waals surface area contributed by atoms with E-state index in [1.165, 1.54) is 29.5 Å². The number of rotatable bonds is 9. The van der Waals surface area contributed by atoms with Gasteiger partial charge in [-0.25, -0.2) is 0 Å². The summed E-state index contributed by atoms with van der Waals surface area (Å²) in [6, 6.07) is 8.84. The van der Waals surface area contributed by atoms with Crippen molar-refractivity contribution in [3.8, 4) is 0 Å². The molecule has 0 radical (unpaired) electrons. The second kappa shape index (κ2) is 8.71. The van der Waals surface area contributed by atoms with Crippen molar-refractivity contribution < 1.29 is 0 Å². The lowest BCUT2D eigenvalue weighted by atomic mass is 9.92. The molecule has 21 heavy (non-hydrogen) atoms. The van der Waals surface area contributed by atoms with Gasteiger partial charge in [0.2, 0.25) is 0 Å². The van der Waals surface area contributed by atoms with Crippen LogP contribution in [0, 0.1) is 5.92 Å². The molecule has 0 fully saturated rings. The monoisotopic (exact) mass is 285 g/mol. The lowest BCUT2D eigenvalue weighted by Gasteiger charge is -2.15. The average molecular weight is 285 g/mol. The van der Waals surface area contributed by atoms with E-state index in [1.54, 1.807) is 0 Å². The largest absolute Gasteiger partial charge is 0.385 e. The molecule has 1 aromatic rings. The summed E-state index contributed by atoms with van der Waals surface area (Å²) in [6.07, 6.45) is 3.54. The quantitative estimate of drug-likeness (QED) is 0.569. The average Bonchev–Trinajstić information content (AvgIpc) is 2.44. The van der Waals surface area contributed by atoms with Crippen molar-refractivity contribution >= 4 is 5.70 Å². The summed E-state index contributed by atoms with van der Waals surface area (Å²) in [7, 11) is 0. The van der Waals surface area contributed by atoms with E-state index in [0.717, 1.165) is 24.6 Å². The van der Waals surface area contributed by atoms with Crippen molar-refractivity contribution in [2.24, 2.45) is 5.92 Å². The molecule has 0 heterocycles. The molecule has 0 aliphatic heterocycles. The minimum Gasteiger partial charge on any atom is -0.385 e. The van der Waals surface area contributed by atoms with Gasteiger partial charge in [-0.05, 0) is 42.7 Å². The molecule has 0 saturated carbocycles. The molecule has 0 saturated heterocycles. The number of hydrogen-bond acceptors (Lipinski definition) is 1. The molecule has 0 aliphatic carbocycles. The zero-order valence-electron chi connectivity index (χ0n) is 14.2. The van der Waals surface area contributed by atoms with E-state index in [-0.39, 0.29) is 0 Å². The Kier molecular flexibility index (Phi) is 7.28. The number of hydrogen-bond donors (Lipinski definition) is 1. The second-order valence-electron chi connectivity index (χ2n) is 6.61. The van der Waals surface area contributed by atoms with Crippen molar-refractivity contribution in [1.82, 2.24) is 5.32 Å². The molecule has 1 nitrogen and oxygen atoms in total. The van der Waals surface area contributed by atoms with E-state index in [2.05, 4.69) is 70.4 Å². The van der Waals surface area contributed by atoms with Crippen LogP contribution in [-0.2, 0) is 0 Å². The Bertz CT molecular complexity index is 453. The van der Waals surface area contributed by atoms with E-state index in [4.69, 9.17) is 0 Å². The van der Waals surface area contributed by atoms with Crippen LogP contribution in [0.1, 0.15) is 64.0 Å². The summed E-state index contributed by atoms with van der Waals surface area (Å²) in [5, 5.41) is 3.36. The Morgan fingerprint density at radius 2 is 1.67 bits per heavy atom. The first-order valence-corrected chi connectivity index (χ1v) is 8.07. The maximum Gasteiger partial charge on any atom is 0.0340 e. The standard InChI is InChI=1S/C20H31N/c1-15(2)7-8-17(5)19-9-11-20(12-10-19)18(6)21-14-13-16(3)4/h9-12,15,17,21H,3,6-8,13-14H2,1-2,4-5H3. The van der Waals surface area contributed by atoms with Crippen LogP contribution in [0.2, 0.25) is 0 Å². The minimum atomic E-state index is 0.631. The smallest absolute Gasteiger partial charge is 0.0340 e. The van der Waals surface area contributed by atoms with Gasteiger partial charge in [0.1, 0.15) is 0 Å². The van der Waals surface area contributed by atoms with Gasteiger partial charge >= 0.3 is 0 Å². The van der Waals surface area contributed by atoms with Gasteiger partial charge < -0.3 is 5.32 Å². The maximum atomic E-state index is 4.12. The highest BCUT2D eigenvalue weighted by Gasteiger charge is 2.07. The van der Waals surface area contributed by atoms with Gasteiger partial charge in [0.05, 0.1) is 0 Å². The summed E-state index contributed by atoms with van der Waals surface area (Å²) in [5.74, 6) is 1.41. The van der Waals surface area contributed by atoms with Crippen LogP contribution in [0.25, 0.3) is 5.70 Å². The third kappa shape index (κ3) is 6.66. The van der Waals surface area contributed by atoms with E-state index >= 15 is 0 Å². The van der Waals surface area contributed by atoms with Gasteiger partial charge in [-0.1, -0.05) is 63.6 Å². The topological polar surface area (TPSA) is 12.0 Å². The molecule has 0 spiro atoms. The van der Waals surface area contributed by atoms with Crippen LogP contribution in [0.3, 0.4) is 0 Å². The first-order valence-electron chi connectivity index (χ1n) is 8.07. The van der Waals surface area contributed by atoms with Gasteiger partial charge in [0.15, 0.2) is 0 Å². The SMILES string of the molecule is C=C(C)CCNC(=C)c1ccc(C(C)CCC(C)C)cc1. The first-order chi connectivity index (χ1) is 9.90. The molecule has 0 bridgehead atoms. The van der Waals surface area contributed by atoms with Crippen molar-refractivity contribution in [3.05, 3.63) is 54.1 Å². The van der Waals surface area contributed by atoms with Crippen LogP contribution in [-0.4, -0.2) is 6.54 Å². The number of benzene rings is 1. The molecule has 0 amide bonds. The van der Waals surface area contributed by atoms with Crippen molar-refractivity contribution in [2.45, 2.75) is 52.9 Å². The molecule has 116 valence electrons. The summed E-state index contributed by atoms with van der Waals surface area (Å²) in [6.45, 7) is 17.9. The van der Waals surface area contributed by atoms with Crippen LogP contribution in [0.15, 0.2) is 43.0 Å². The van der Waals surface area contributed by atoms with E-state index < -0.39 is 0 Å². The van der Waals surface area contributed by atoms with Crippen LogP contribution in [0.4, 0.5) is 0 Å².